The molecule has 0 N–H and O–H groups in total. The lowest BCUT2D eigenvalue weighted by Gasteiger charge is -2.04. The van der Waals surface area contributed by atoms with Crippen LogP contribution < -0.4 is 4.80 Å². The van der Waals surface area contributed by atoms with E-state index < -0.39 is 0 Å². The van der Waals surface area contributed by atoms with Crippen LogP contribution in [-0.4, -0.2) is 10.5 Å². The van der Waals surface area contributed by atoms with Crippen LogP contribution in [0.3, 0.4) is 0 Å². The molecule has 2 aromatic carbocycles. The van der Waals surface area contributed by atoms with Gasteiger partial charge >= 0.3 is 0 Å². The number of benzene rings is 2. The fourth-order valence-electron chi connectivity index (χ4n) is 2.52. The van der Waals surface area contributed by atoms with Gasteiger partial charge < -0.3 is 4.57 Å². The Morgan fingerprint density at radius 1 is 1.17 bits per heavy atom. The van der Waals surface area contributed by atoms with Crippen molar-refractivity contribution < 1.29 is 4.79 Å². The summed E-state index contributed by atoms with van der Waals surface area (Å²) in [5, 5.41) is 0.698. The zero-order valence-corrected chi connectivity index (χ0v) is 14.4. The van der Waals surface area contributed by atoms with E-state index in [-0.39, 0.29) is 5.91 Å². The first-order valence-corrected chi connectivity index (χ1v) is 8.78. The van der Waals surface area contributed by atoms with Gasteiger partial charge in [-0.2, -0.15) is 4.99 Å². The second-order valence-electron chi connectivity index (χ2n) is 5.29. The SMILES string of the molecule is CCCn1c(=NC(=O)Cc2ccccc2)sc2cccc(Cl)c21. The molecule has 0 fully saturated rings. The van der Waals surface area contributed by atoms with E-state index in [0.29, 0.717) is 11.4 Å². The highest BCUT2D eigenvalue weighted by atomic mass is 35.5. The second kappa shape index (κ2) is 7.11. The van der Waals surface area contributed by atoms with Gasteiger partial charge in [-0.15, -0.1) is 0 Å². The zero-order valence-electron chi connectivity index (χ0n) is 12.8. The first-order valence-electron chi connectivity index (χ1n) is 7.58. The summed E-state index contributed by atoms with van der Waals surface area (Å²) in [5.41, 5.74) is 1.94. The van der Waals surface area contributed by atoms with Gasteiger partial charge in [0.25, 0.3) is 5.91 Å². The summed E-state index contributed by atoms with van der Waals surface area (Å²) in [6, 6.07) is 15.5. The van der Waals surface area contributed by atoms with Crippen LogP contribution in [0.25, 0.3) is 10.2 Å². The number of hydrogen-bond donors (Lipinski definition) is 0. The van der Waals surface area contributed by atoms with Crippen molar-refractivity contribution in [1.29, 1.82) is 0 Å². The molecule has 0 spiro atoms. The Morgan fingerprint density at radius 3 is 2.70 bits per heavy atom. The van der Waals surface area contributed by atoms with Crippen LogP contribution in [0.5, 0.6) is 0 Å². The van der Waals surface area contributed by atoms with Crippen molar-refractivity contribution in [1.82, 2.24) is 4.57 Å². The molecule has 1 amide bonds. The fraction of sp³-hybridized carbons (Fsp3) is 0.222. The number of carbonyl (C=O) groups excluding carboxylic acids is 1. The molecule has 0 atom stereocenters. The second-order valence-corrected chi connectivity index (χ2v) is 6.71. The van der Waals surface area contributed by atoms with Crippen molar-refractivity contribution in [2.45, 2.75) is 26.3 Å². The molecular weight excluding hydrogens is 328 g/mol. The lowest BCUT2D eigenvalue weighted by Crippen LogP contribution is -2.17. The number of rotatable bonds is 4. The molecule has 0 saturated carbocycles. The highest BCUT2D eigenvalue weighted by molar-refractivity contribution is 7.16. The Morgan fingerprint density at radius 2 is 1.96 bits per heavy atom. The first-order chi connectivity index (χ1) is 11.2. The number of carbonyl (C=O) groups is 1. The van der Waals surface area contributed by atoms with Crippen LogP contribution in [0, 0.1) is 0 Å². The first kappa shape index (κ1) is 16.0. The van der Waals surface area contributed by atoms with Crippen LogP contribution in [0.1, 0.15) is 18.9 Å². The average molecular weight is 345 g/mol. The average Bonchev–Trinajstić information content (AvgIpc) is 2.87. The predicted octanol–water partition coefficient (Wildman–Crippen LogP) is 4.44. The van der Waals surface area contributed by atoms with Gasteiger partial charge in [0.05, 0.1) is 21.7 Å². The van der Waals surface area contributed by atoms with Gasteiger partial charge in [-0.3, -0.25) is 4.79 Å². The number of para-hydroxylation sites is 1. The quantitative estimate of drug-likeness (QED) is 0.689. The number of thiazole rings is 1. The molecule has 5 heteroatoms. The summed E-state index contributed by atoms with van der Waals surface area (Å²) in [7, 11) is 0. The van der Waals surface area contributed by atoms with Crippen LogP contribution in [0.15, 0.2) is 53.5 Å². The zero-order chi connectivity index (χ0) is 16.2. The molecule has 1 heterocycles. The molecule has 1 aromatic heterocycles. The van der Waals surface area contributed by atoms with E-state index >= 15 is 0 Å². The molecule has 0 aliphatic heterocycles. The van der Waals surface area contributed by atoms with Crippen LogP contribution in [0.4, 0.5) is 0 Å². The third-order valence-electron chi connectivity index (χ3n) is 3.52. The van der Waals surface area contributed by atoms with E-state index in [2.05, 4.69) is 11.9 Å². The third kappa shape index (κ3) is 3.54. The number of aryl methyl sites for hydroxylation is 1. The van der Waals surface area contributed by atoms with Gasteiger partial charge in [0, 0.05) is 6.54 Å². The summed E-state index contributed by atoms with van der Waals surface area (Å²) in [4.78, 5) is 17.3. The molecular formula is C18H17ClN2OS. The summed E-state index contributed by atoms with van der Waals surface area (Å²) in [6.45, 7) is 2.89. The molecule has 23 heavy (non-hydrogen) atoms. The summed E-state index contributed by atoms with van der Waals surface area (Å²) < 4.78 is 3.10. The molecule has 118 valence electrons. The fourth-order valence-corrected chi connectivity index (χ4v) is 3.95. The molecule has 3 nitrogen and oxygen atoms in total. The Labute approximate surface area is 143 Å². The van der Waals surface area contributed by atoms with Crippen molar-refractivity contribution in [2.24, 2.45) is 4.99 Å². The van der Waals surface area contributed by atoms with Crippen molar-refractivity contribution in [3.8, 4) is 0 Å². The topological polar surface area (TPSA) is 34.4 Å². The lowest BCUT2D eigenvalue weighted by atomic mass is 10.1. The van der Waals surface area contributed by atoms with Crippen LogP contribution >= 0.6 is 22.9 Å². The largest absolute Gasteiger partial charge is 0.315 e. The molecule has 0 aliphatic carbocycles. The summed E-state index contributed by atoms with van der Waals surface area (Å²) >= 11 is 7.84. The Balaban J connectivity index is 2.02. The maximum absolute atomic E-state index is 12.3. The summed E-state index contributed by atoms with van der Waals surface area (Å²) in [5.74, 6) is -0.135. The smallest absolute Gasteiger partial charge is 0.252 e. The van der Waals surface area contributed by atoms with Gasteiger partial charge in [-0.1, -0.05) is 66.3 Å². The van der Waals surface area contributed by atoms with Crippen molar-refractivity contribution >= 4 is 39.1 Å². The lowest BCUT2D eigenvalue weighted by molar-refractivity contribution is -0.117. The van der Waals surface area contributed by atoms with Gasteiger partial charge in [-0.25, -0.2) is 0 Å². The van der Waals surface area contributed by atoms with E-state index in [1.807, 2.05) is 53.1 Å². The molecule has 0 aliphatic rings. The van der Waals surface area contributed by atoms with E-state index in [4.69, 9.17) is 11.6 Å². The Kier molecular flexibility index (Phi) is 4.94. The Hall–Kier alpha value is -1.91. The Bertz CT molecular complexity index is 896. The van der Waals surface area contributed by atoms with E-state index in [1.165, 1.54) is 11.3 Å². The van der Waals surface area contributed by atoms with Crippen molar-refractivity contribution in [2.75, 3.05) is 0 Å². The predicted molar refractivity (Wildman–Crippen MR) is 95.8 cm³/mol. The molecule has 0 radical (unpaired) electrons. The number of aromatic nitrogens is 1. The van der Waals surface area contributed by atoms with Gasteiger partial charge in [0.2, 0.25) is 0 Å². The minimum atomic E-state index is -0.135. The molecule has 3 aromatic rings. The number of nitrogens with zero attached hydrogens (tertiary/aromatic N) is 2. The third-order valence-corrected chi connectivity index (χ3v) is 4.87. The van der Waals surface area contributed by atoms with Crippen LogP contribution in [-0.2, 0) is 17.8 Å². The van der Waals surface area contributed by atoms with E-state index in [1.54, 1.807) is 0 Å². The number of halogens is 1. The summed E-state index contributed by atoms with van der Waals surface area (Å²) in [6.07, 6.45) is 1.27. The van der Waals surface area contributed by atoms with Gasteiger partial charge in [-0.05, 0) is 24.1 Å². The van der Waals surface area contributed by atoms with Crippen LogP contribution in [0.2, 0.25) is 5.02 Å². The monoisotopic (exact) mass is 344 g/mol. The minimum absolute atomic E-state index is 0.135. The molecule has 0 bridgehead atoms. The normalized spacial score (nSPS) is 12.0. The van der Waals surface area contributed by atoms with Crippen molar-refractivity contribution in [3.05, 3.63) is 63.9 Å². The minimum Gasteiger partial charge on any atom is -0.315 e. The van der Waals surface area contributed by atoms with Crippen molar-refractivity contribution in [3.63, 3.8) is 0 Å². The highest BCUT2D eigenvalue weighted by Crippen LogP contribution is 2.25. The molecule has 3 rings (SSSR count). The number of amides is 1. The molecule has 0 unspecified atom stereocenters. The van der Waals surface area contributed by atoms with E-state index in [0.717, 1.165) is 33.5 Å². The maximum Gasteiger partial charge on any atom is 0.252 e. The standard InChI is InChI=1S/C18H17ClN2OS/c1-2-11-21-17-14(19)9-6-10-15(17)23-18(21)20-16(22)12-13-7-4-3-5-8-13/h3-10H,2,11-12H2,1H3. The van der Waals surface area contributed by atoms with E-state index in [9.17, 15) is 4.79 Å². The van der Waals surface area contributed by atoms with Gasteiger partial charge in [0.1, 0.15) is 0 Å². The van der Waals surface area contributed by atoms with Gasteiger partial charge in [0.15, 0.2) is 4.80 Å². The number of fused-ring (bicyclic) bond motifs is 1. The number of hydrogen-bond acceptors (Lipinski definition) is 2. The maximum atomic E-state index is 12.3. The highest BCUT2D eigenvalue weighted by Gasteiger charge is 2.10. The molecule has 0 saturated heterocycles.